The Morgan fingerprint density at radius 1 is 1.11 bits per heavy atom. The first-order valence-electron chi connectivity index (χ1n) is 6.10. The van der Waals surface area contributed by atoms with Gasteiger partial charge in [-0.3, -0.25) is 4.79 Å². The second kappa shape index (κ2) is 5.89. The Morgan fingerprint density at radius 3 is 2.37 bits per heavy atom. The molecule has 19 heavy (non-hydrogen) atoms. The average Bonchev–Trinajstić information content (AvgIpc) is 2.41. The van der Waals surface area contributed by atoms with E-state index in [0.717, 1.165) is 11.3 Å². The van der Waals surface area contributed by atoms with Gasteiger partial charge in [0.25, 0.3) is 0 Å². The highest BCUT2D eigenvalue weighted by Crippen LogP contribution is 2.19. The Labute approximate surface area is 118 Å². The Hall–Kier alpha value is -1.80. The van der Waals surface area contributed by atoms with E-state index >= 15 is 0 Å². The van der Waals surface area contributed by atoms with E-state index < -0.39 is 6.10 Å². The quantitative estimate of drug-likeness (QED) is 0.777. The van der Waals surface area contributed by atoms with Crippen molar-refractivity contribution >= 4 is 17.4 Å². The molecule has 0 unspecified atom stereocenters. The molecule has 0 saturated carbocycles. The zero-order chi connectivity index (χ0) is 13.8. The van der Waals surface area contributed by atoms with E-state index in [9.17, 15) is 4.79 Å². The summed E-state index contributed by atoms with van der Waals surface area (Å²) >= 11 is 5.80. The number of hydrogen-bond acceptors (Lipinski definition) is 2. The standard InChI is InChI=1S/C16H15ClO2/c1-11-5-3-4-6-15(11)19-12(2)16(18)13-7-9-14(17)10-8-13/h3-10,12H,1-2H3/t12-/m1/s1. The second-order valence-corrected chi connectivity index (χ2v) is 4.83. The van der Waals surface area contributed by atoms with Gasteiger partial charge in [-0.25, -0.2) is 0 Å². The van der Waals surface area contributed by atoms with Gasteiger partial charge in [0.1, 0.15) is 5.75 Å². The number of para-hydroxylation sites is 1. The van der Waals surface area contributed by atoms with E-state index in [1.54, 1.807) is 31.2 Å². The van der Waals surface area contributed by atoms with Crippen molar-refractivity contribution in [3.8, 4) is 5.75 Å². The number of ketones is 1. The monoisotopic (exact) mass is 274 g/mol. The molecule has 0 aliphatic heterocycles. The summed E-state index contributed by atoms with van der Waals surface area (Å²) in [5, 5.41) is 0.615. The molecule has 98 valence electrons. The Morgan fingerprint density at radius 2 is 1.74 bits per heavy atom. The summed E-state index contributed by atoms with van der Waals surface area (Å²) in [7, 11) is 0. The predicted octanol–water partition coefficient (Wildman–Crippen LogP) is 4.30. The molecule has 0 saturated heterocycles. The number of benzene rings is 2. The fourth-order valence-electron chi connectivity index (χ4n) is 1.78. The van der Waals surface area contributed by atoms with Crippen LogP contribution in [0.15, 0.2) is 48.5 Å². The maximum Gasteiger partial charge on any atom is 0.202 e. The molecule has 0 aliphatic carbocycles. The third-order valence-corrected chi connectivity index (χ3v) is 3.15. The minimum absolute atomic E-state index is 0.0556. The third kappa shape index (κ3) is 3.36. The summed E-state index contributed by atoms with van der Waals surface area (Å²) in [5.74, 6) is 0.678. The molecule has 0 N–H and O–H groups in total. The van der Waals surface area contributed by atoms with Gasteiger partial charge in [-0.2, -0.15) is 0 Å². The van der Waals surface area contributed by atoms with Gasteiger partial charge >= 0.3 is 0 Å². The summed E-state index contributed by atoms with van der Waals surface area (Å²) in [6, 6.07) is 14.5. The first kappa shape index (κ1) is 13.6. The van der Waals surface area contributed by atoms with Crippen molar-refractivity contribution in [2.24, 2.45) is 0 Å². The van der Waals surface area contributed by atoms with Crippen molar-refractivity contribution in [2.45, 2.75) is 20.0 Å². The smallest absolute Gasteiger partial charge is 0.202 e. The lowest BCUT2D eigenvalue weighted by molar-refractivity contribution is 0.0817. The van der Waals surface area contributed by atoms with Crippen molar-refractivity contribution in [1.29, 1.82) is 0 Å². The molecule has 2 aromatic carbocycles. The third-order valence-electron chi connectivity index (χ3n) is 2.90. The van der Waals surface area contributed by atoms with Gasteiger partial charge < -0.3 is 4.74 Å². The first-order chi connectivity index (χ1) is 9.08. The van der Waals surface area contributed by atoms with Crippen LogP contribution in [0, 0.1) is 6.92 Å². The molecular formula is C16H15ClO2. The number of carbonyl (C=O) groups is 1. The van der Waals surface area contributed by atoms with E-state index in [1.807, 2.05) is 31.2 Å². The number of Topliss-reactive ketones (excluding diaryl/α,β-unsaturated/α-hetero) is 1. The van der Waals surface area contributed by atoms with Gasteiger partial charge in [-0.1, -0.05) is 29.8 Å². The lowest BCUT2D eigenvalue weighted by Crippen LogP contribution is -2.24. The largest absolute Gasteiger partial charge is 0.482 e. The molecule has 3 heteroatoms. The minimum Gasteiger partial charge on any atom is -0.482 e. The normalized spacial score (nSPS) is 11.9. The van der Waals surface area contributed by atoms with Crippen LogP contribution in [0.1, 0.15) is 22.8 Å². The van der Waals surface area contributed by atoms with Gasteiger partial charge in [0.15, 0.2) is 6.10 Å². The van der Waals surface area contributed by atoms with E-state index in [0.29, 0.717) is 10.6 Å². The molecule has 0 fully saturated rings. The van der Waals surface area contributed by atoms with Crippen molar-refractivity contribution in [3.63, 3.8) is 0 Å². The maximum atomic E-state index is 12.2. The SMILES string of the molecule is Cc1ccccc1O[C@H](C)C(=O)c1ccc(Cl)cc1. The fourth-order valence-corrected chi connectivity index (χ4v) is 1.91. The van der Waals surface area contributed by atoms with E-state index in [-0.39, 0.29) is 5.78 Å². The van der Waals surface area contributed by atoms with Crippen LogP contribution in [0.2, 0.25) is 5.02 Å². The number of carbonyl (C=O) groups excluding carboxylic acids is 1. The first-order valence-corrected chi connectivity index (χ1v) is 6.48. The van der Waals surface area contributed by atoms with Gasteiger partial charge in [0, 0.05) is 10.6 Å². The minimum atomic E-state index is -0.526. The lowest BCUT2D eigenvalue weighted by Gasteiger charge is -2.15. The number of rotatable bonds is 4. The highest BCUT2D eigenvalue weighted by atomic mass is 35.5. The molecule has 0 radical (unpaired) electrons. The predicted molar refractivity (Wildman–Crippen MR) is 77.1 cm³/mol. The van der Waals surface area contributed by atoms with Crippen molar-refractivity contribution in [1.82, 2.24) is 0 Å². The Kier molecular flexibility index (Phi) is 4.23. The molecule has 2 nitrogen and oxygen atoms in total. The number of hydrogen-bond donors (Lipinski definition) is 0. The molecular weight excluding hydrogens is 260 g/mol. The van der Waals surface area contributed by atoms with E-state index in [1.165, 1.54) is 0 Å². The molecule has 0 aliphatic rings. The number of ether oxygens (including phenoxy) is 1. The number of halogens is 1. The Bertz CT molecular complexity index is 576. The molecule has 0 aromatic heterocycles. The highest BCUT2D eigenvalue weighted by molar-refractivity contribution is 6.30. The van der Waals surface area contributed by atoms with E-state index in [2.05, 4.69) is 0 Å². The molecule has 0 heterocycles. The maximum absolute atomic E-state index is 12.2. The zero-order valence-electron chi connectivity index (χ0n) is 10.9. The molecule has 0 amide bonds. The highest BCUT2D eigenvalue weighted by Gasteiger charge is 2.17. The van der Waals surface area contributed by atoms with Crippen LogP contribution >= 0.6 is 11.6 Å². The van der Waals surface area contributed by atoms with Crippen LogP contribution in [0.3, 0.4) is 0 Å². The summed E-state index contributed by atoms with van der Waals surface area (Å²) in [5.41, 5.74) is 1.61. The van der Waals surface area contributed by atoms with Crippen LogP contribution < -0.4 is 4.74 Å². The van der Waals surface area contributed by atoms with Crippen LogP contribution in [-0.2, 0) is 0 Å². The number of aryl methyl sites for hydroxylation is 1. The molecule has 1 atom stereocenters. The summed E-state index contributed by atoms with van der Waals surface area (Å²) in [4.78, 5) is 12.2. The van der Waals surface area contributed by atoms with E-state index in [4.69, 9.17) is 16.3 Å². The average molecular weight is 275 g/mol. The molecule has 0 spiro atoms. The molecule has 2 aromatic rings. The topological polar surface area (TPSA) is 26.3 Å². The van der Waals surface area contributed by atoms with Crippen LogP contribution in [0.5, 0.6) is 5.75 Å². The lowest BCUT2D eigenvalue weighted by atomic mass is 10.1. The van der Waals surface area contributed by atoms with Crippen molar-refractivity contribution < 1.29 is 9.53 Å². The fraction of sp³-hybridized carbons (Fsp3) is 0.188. The van der Waals surface area contributed by atoms with Gasteiger partial charge in [0.05, 0.1) is 0 Å². The zero-order valence-corrected chi connectivity index (χ0v) is 11.6. The van der Waals surface area contributed by atoms with Gasteiger partial charge in [0.2, 0.25) is 5.78 Å². The molecule has 2 rings (SSSR count). The van der Waals surface area contributed by atoms with Gasteiger partial charge in [-0.05, 0) is 49.7 Å². The summed E-state index contributed by atoms with van der Waals surface area (Å²) in [6.07, 6.45) is -0.526. The molecule has 0 bridgehead atoms. The van der Waals surface area contributed by atoms with Gasteiger partial charge in [-0.15, -0.1) is 0 Å². The van der Waals surface area contributed by atoms with Crippen LogP contribution in [-0.4, -0.2) is 11.9 Å². The van der Waals surface area contributed by atoms with Crippen molar-refractivity contribution in [2.75, 3.05) is 0 Å². The van der Waals surface area contributed by atoms with Crippen LogP contribution in [0.4, 0.5) is 0 Å². The van der Waals surface area contributed by atoms with Crippen molar-refractivity contribution in [3.05, 3.63) is 64.7 Å². The Balaban J connectivity index is 2.12. The van der Waals surface area contributed by atoms with Crippen LogP contribution in [0.25, 0.3) is 0 Å². The summed E-state index contributed by atoms with van der Waals surface area (Å²) in [6.45, 7) is 3.71. The summed E-state index contributed by atoms with van der Waals surface area (Å²) < 4.78 is 5.71. The second-order valence-electron chi connectivity index (χ2n) is 4.40.